The molecule has 0 spiro atoms. The lowest BCUT2D eigenvalue weighted by Gasteiger charge is -2.13. The predicted molar refractivity (Wildman–Crippen MR) is 105 cm³/mol. The molecule has 7 heteroatoms. The van der Waals surface area contributed by atoms with Crippen molar-refractivity contribution in [2.45, 2.75) is 13.0 Å². The average molecular weight is 438 g/mol. The van der Waals surface area contributed by atoms with Gasteiger partial charge in [0.1, 0.15) is 5.75 Å². The van der Waals surface area contributed by atoms with Crippen LogP contribution in [0.3, 0.4) is 0 Å². The number of hydrogen-bond acceptors (Lipinski definition) is 4. The lowest BCUT2D eigenvalue weighted by molar-refractivity contribution is -0.122. The van der Waals surface area contributed by atoms with Crippen LogP contribution in [0.2, 0.25) is 5.02 Å². The first-order valence-corrected chi connectivity index (χ1v) is 9.51. The van der Waals surface area contributed by atoms with E-state index in [9.17, 15) is 4.79 Å². The van der Waals surface area contributed by atoms with Gasteiger partial charge in [0.2, 0.25) is 0 Å². The van der Waals surface area contributed by atoms with Crippen LogP contribution in [-0.2, 0) is 4.79 Å². The second-order valence-electron chi connectivity index (χ2n) is 5.22. The van der Waals surface area contributed by atoms with Crippen LogP contribution in [-0.4, -0.2) is 17.0 Å². The van der Waals surface area contributed by atoms with E-state index in [2.05, 4.69) is 26.2 Å². The fourth-order valence-electron chi connectivity index (χ4n) is 2.13. The summed E-state index contributed by atoms with van der Waals surface area (Å²) in [6, 6.07) is 14.8. The standard InChI is InChI=1S/C18H14BrClN2O2S/c1-11(24-13-6-4-5-12(19)9-13)17(23)22-18-21-16(10-25-18)14-7-2-3-8-15(14)20/h2-11H,1H3,(H,21,22,23). The molecule has 3 rings (SSSR count). The molecule has 3 aromatic rings. The Kier molecular flexibility index (Phi) is 5.73. The maximum absolute atomic E-state index is 12.3. The molecular formula is C18H14BrClN2O2S. The third-order valence-corrected chi connectivity index (χ3v) is 4.94. The van der Waals surface area contributed by atoms with Crippen LogP contribution in [0.15, 0.2) is 58.4 Å². The van der Waals surface area contributed by atoms with Crippen LogP contribution < -0.4 is 10.1 Å². The van der Waals surface area contributed by atoms with Crippen LogP contribution in [0.4, 0.5) is 5.13 Å². The first-order chi connectivity index (χ1) is 12.0. The second-order valence-corrected chi connectivity index (χ2v) is 7.41. The molecule has 1 unspecified atom stereocenters. The van der Waals surface area contributed by atoms with Crippen molar-refractivity contribution < 1.29 is 9.53 Å². The third-order valence-electron chi connectivity index (χ3n) is 3.36. The number of anilines is 1. The van der Waals surface area contributed by atoms with Gasteiger partial charge >= 0.3 is 0 Å². The zero-order chi connectivity index (χ0) is 17.8. The molecule has 0 bridgehead atoms. The van der Waals surface area contributed by atoms with Crippen LogP contribution >= 0.6 is 38.9 Å². The van der Waals surface area contributed by atoms with Crippen molar-refractivity contribution in [1.29, 1.82) is 0 Å². The van der Waals surface area contributed by atoms with Crippen molar-refractivity contribution in [3.05, 3.63) is 63.4 Å². The summed E-state index contributed by atoms with van der Waals surface area (Å²) in [5.41, 5.74) is 1.56. The number of thiazole rings is 1. The molecule has 0 aliphatic heterocycles. The number of halogens is 2. The Hall–Kier alpha value is -1.89. The van der Waals surface area contributed by atoms with E-state index in [0.717, 1.165) is 15.7 Å². The summed E-state index contributed by atoms with van der Waals surface area (Å²) < 4.78 is 6.54. The number of aromatic nitrogens is 1. The minimum absolute atomic E-state index is 0.264. The zero-order valence-electron chi connectivity index (χ0n) is 13.2. The summed E-state index contributed by atoms with van der Waals surface area (Å²) in [7, 11) is 0. The van der Waals surface area contributed by atoms with Crippen molar-refractivity contribution in [2.75, 3.05) is 5.32 Å². The molecule has 1 heterocycles. The van der Waals surface area contributed by atoms with Crippen molar-refractivity contribution >= 4 is 49.9 Å². The number of carbonyl (C=O) groups excluding carboxylic acids is 1. The Balaban J connectivity index is 1.66. The monoisotopic (exact) mass is 436 g/mol. The fourth-order valence-corrected chi connectivity index (χ4v) is 3.45. The van der Waals surface area contributed by atoms with Gasteiger partial charge < -0.3 is 4.74 Å². The Labute approximate surface area is 162 Å². The Morgan fingerprint density at radius 1 is 1.28 bits per heavy atom. The minimum Gasteiger partial charge on any atom is -0.481 e. The lowest BCUT2D eigenvalue weighted by atomic mass is 10.2. The third kappa shape index (κ3) is 4.60. The highest BCUT2D eigenvalue weighted by atomic mass is 79.9. The van der Waals surface area contributed by atoms with Gasteiger partial charge in [0.25, 0.3) is 5.91 Å². The molecule has 4 nitrogen and oxygen atoms in total. The number of benzene rings is 2. The molecule has 0 saturated carbocycles. The SMILES string of the molecule is CC(Oc1cccc(Br)c1)C(=O)Nc1nc(-c2ccccc2Cl)cs1. The molecule has 0 fully saturated rings. The fraction of sp³-hybridized carbons (Fsp3) is 0.111. The number of amides is 1. The number of nitrogens with zero attached hydrogens (tertiary/aromatic N) is 1. The van der Waals surface area contributed by atoms with Gasteiger partial charge in [0, 0.05) is 20.4 Å². The van der Waals surface area contributed by atoms with E-state index < -0.39 is 6.10 Å². The molecule has 1 N–H and O–H groups in total. The number of carbonyl (C=O) groups is 1. The van der Waals surface area contributed by atoms with Crippen molar-refractivity contribution in [3.63, 3.8) is 0 Å². The number of rotatable bonds is 5. The van der Waals surface area contributed by atoms with Crippen LogP contribution in [0.25, 0.3) is 11.3 Å². The molecular weight excluding hydrogens is 424 g/mol. The normalized spacial score (nSPS) is 11.8. The van der Waals surface area contributed by atoms with Crippen molar-refractivity contribution in [1.82, 2.24) is 4.98 Å². The van der Waals surface area contributed by atoms with Crippen LogP contribution in [0, 0.1) is 0 Å². The number of nitrogens with one attached hydrogen (secondary N) is 1. The maximum atomic E-state index is 12.3. The van der Waals surface area contributed by atoms with Crippen molar-refractivity contribution in [2.24, 2.45) is 0 Å². The molecule has 0 radical (unpaired) electrons. The summed E-state index contributed by atoms with van der Waals surface area (Å²) in [6.07, 6.45) is -0.651. The van der Waals surface area contributed by atoms with Gasteiger partial charge in [-0.3, -0.25) is 10.1 Å². The molecule has 0 saturated heterocycles. The largest absolute Gasteiger partial charge is 0.481 e. The molecule has 25 heavy (non-hydrogen) atoms. The van der Waals surface area contributed by atoms with E-state index in [1.54, 1.807) is 13.0 Å². The Morgan fingerprint density at radius 2 is 2.08 bits per heavy atom. The summed E-state index contributed by atoms with van der Waals surface area (Å²) in [6.45, 7) is 1.69. The van der Waals surface area contributed by atoms with Crippen LogP contribution in [0.1, 0.15) is 6.92 Å². The molecule has 1 aromatic heterocycles. The van der Waals surface area contributed by atoms with Gasteiger partial charge in [-0.05, 0) is 31.2 Å². The summed E-state index contributed by atoms with van der Waals surface area (Å²) in [5.74, 6) is 0.355. The van der Waals surface area contributed by atoms with E-state index in [4.69, 9.17) is 16.3 Å². The van der Waals surface area contributed by atoms with Gasteiger partial charge in [-0.1, -0.05) is 51.8 Å². The molecule has 1 atom stereocenters. The molecule has 1 amide bonds. The predicted octanol–water partition coefficient (Wildman–Crippen LogP) is 5.63. The van der Waals surface area contributed by atoms with Crippen molar-refractivity contribution in [3.8, 4) is 17.0 Å². The van der Waals surface area contributed by atoms with E-state index >= 15 is 0 Å². The molecule has 0 aliphatic rings. The zero-order valence-corrected chi connectivity index (χ0v) is 16.4. The molecule has 0 aliphatic carbocycles. The summed E-state index contributed by atoms with van der Waals surface area (Å²) in [5, 5.41) is 5.76. The van der Waals surface area contributed by atoms with Gasteiger partial charge in [-0.2, -0.15) is 0 Å². The van der Waals surface area contributed by atoms with Gasteiger partial charge in [-0.25, -0.2) is 4.98 Å². The summed E-state index contributed by atoms with van der Waals surface area (Å²) >= 11 is 10.9. The lowest BCUT2D eigenvalue weighted by Crippen LogP contribution is -2.30. The van der Waals surface area contributed by atoms with Crippen LogP contribution in [0.5, 0.6) is 5.75 Å². The van der Waals surface area contributed by atoms with E-state index in [1.165, 1.54) is 11.3 Å². The quantitative estimate of drug-likeness (QED) is 0.562. The topological polar surface area (TPSA) is 51.2 Å². The highest BCUT2D eigenvalue weighted by Crippen LogP contribution is 2.30. The van der Waals surface area contributed by atoms with Gasteiger partial charge in [0.05, 0.1) is 5.69 Å². The Bertz CT molecular complexity index is 900. The first kappa shape index (κ1) is 17.9. The number of hydrogen-bond donors (Lipinski definition) is 1. The van der Waals surface area contributed by atoms with E-state index in [-0.39, 0.29) is 5.91 Å². The Morgan fingerprint density at radius 3 is 2.84 bits per heavy atom. The second kappa shape index (κ2) is 7.99. The minimum atomic E-state index is -0.651. The summed E-state index contributed by atoms with van der Waals surface area (Å²) in [4.78, 5) is 16.7. The maximum Gasteiger partial charge on any atom is 0.266 e. The van der Waals surface area contributed by atoms with Gasteiger partial charge in [0.15, 0.2) is 11.2 Å². The van der Waals surface area contributed by atoms with E-state index in [1.807, 2.05) is 47.8 Å². The van der Waals surface area contributed by atoms with Gasteiger partial charge in [-0.15, -0.1) is 11.3 Å². The number of ether oxygens (including phenoxy) is 1. The molecule has 2 aromatic carbocycles. The first-order valence-electron chi connectivity index (χ1n) is 7.46. The smallest absolute Gasteiger partial charge is 0.266 e. The molecule has 128 valence electrons. The average Bonchev–Trinajstić information content (AvgIpc) is 3.03. The highest BCUT2D eigenvalue weighted by Gasteiger charge is 2.17. The highest BCUT2D eigenvalue weighted by molar-refractivity contribution is 9.10. The van der Waals surface area contributed by atoms with E-state index in [0.29, 0.717) is 15.9 Å².